The van der Waals surface area contributed by atoms with Gasteiger partial charge in [0.15, 0.2) is 0 Å². The predicted octanol–water partition coefficient (Wildman–Crippen LogP) is 1.10. The summed E-state index contributed by atoms with van der Waals surface area (Å²) in [5.74, 6) is -0.577. The zero-order chi connectivity index (χ0) is 14.4. The van der Waals surface area contributed by atoms with E-state index in [-0.39, 0.29) is 30.2 Å². The summed E-state index contributed by atoms with van der Waals surface area (Å²) in [6, 6.07) is 3.69. The second-order valence-corrected chi connectivity index (χ2v) is 3.90. The SMILES string of the molecule is CCOc1c(C(=O)N[C@@H](C)CO)cccc1[N+](=O)[O-]. The fraction of sp³-hybridized carbons (Fsp3) is 0.417. The fourth-order valence-electron chi connectivity index (χ4n) is 1.49. The number of benzene rings is 1. The van der Waals surface area contributed by atoms with Crippen LogP contribution in [0.4, 0.5) is 5.69 Å². The van der Waals surface area contributed by atoms with Gasteiger partial charge < -0.3 is 15.2 Å². The molecule has 0 aliphatic heterocycles. The van der Waals surface area contributed by atoms with Crippen LogP contribution >= 0.6 is 0 Å². The minimum atomic E-state index is -0.600. The molecule has 104 valence electrons. The number of nitro benzene ring substituents is 1. The molecule has 0 radical (unpaired) electrons. The van der Waals surface area contributed by atoms with Crippen molar-refractivity contribution in [3.63, 3.8) is 0 Å². The highest BCUT2D eigenvalue weighted by molar-refractivity contribution is 5.98. The van der Waals surface area contributed by atoms with Crippen LogP contribution in [0.1, 0.15) is 24.2 Å². The second-order valence-electron chi connectivity index (χ2n) is 3.90. The van der Waals surface area contributed by atoms with Gasteiger partial charge in [0, 0.05) is 12.1 Å². The molecule has 0 fully saturated rings. The molecule has 7 heteroatoms. The molecule has 1 aromatic carbocycles. The van der Waals surface area contributed by atoms with E-state index in [9.17, 15) is 14.9 Å². The van der Waals surface area contributed by atoms with Crippen molar-refractivity contribution in [1.29, 1.82) is 0 Å². The van der Waals surface area contributed by atoms with Crippen molar-refractivity contribution < 1.29 is 19.6 Å². The van der Waals surface area contributed by atoms with Crippen LogP contribution in [0.2, 0.25) is 0 Å². The molecule has 1 aromatic rings. The third-order valence-electron chi connectivity index (χ3n) is 2.38. The van der Waals surface area contributed by atoms with Crippen molar-refractivity contribution in [2.45, 2.75) is 19.9 Å². The van der Waals surface area contributed by atoms with Gasteiger partial charge in [-0.05, 0) is 19.9 Å². The van der Waals surface area contributed by atoms with Gasteiger partial charge in [0.1, 0.15) is 0 Å². The van der Waals surface area contributed by atoms with Gasteiger partial charge in [-0.25, -0.2) is 0 Å². The van der Waals surface area contributed by atoms with Crippen LogP contribution < -0.4 is 10.1 Å². The van der Waals surface area contributed by atoms with Crippen LogP contribution in [0.15, 0.2) is 18.2 Å². The zero-order valence-corrected chi connectivity index (χ0v) is 10.8. The Balaban J connectivity index is 3.15. The number of ether oxygens (including phenoxy) is 1. The number of hydrogen-bond donors (Lipinski definition) is 2. The fourth-order valence-corrected chi connectivity index (χ4v) is 1.49. The van der Waals surface area contributed by atoms with Gasteiger partial charge in [-0.2, -0.15) is 0 Å². The minimum absolute atomic E-state index is 0.0577. The number of nitro groups is 1. The monoisotopic (exact) mass is 268 g/mol. The van der Waals surface area contributed by atoms with Crippen molar-refractivity contribution in [3.8, 4) is 5.75 Å². The Morgan fingerprint density at radius 1 is 1.58 bits per heavy atom. The summed E-state index contributed by atoms with van der Waals surface area (Å²) < 4.78 is 5.20. The first-order chi connectivity index (χ1) is 9.01. The summed E-state index contributed by atoms with van der Waals surface area (Å²) >= 11 is 0. The molecule has 19 heavy (non-hydrogen) atoms. The van der Waals surface area contributed by atoms with E-state index in [4.69, 9.17) is 9.84 Å². The molecule has 0 spiro atoms. The van der Waals surface area contributed by atoms with E-state index in [1.807, 2.05) is 0 Å². The van der Waals surface area contributed by atoms with E-state index in [1.54, 1.807) is 13.8 Å². The zero-order valence-electron chi connectivity index (χ0n) is 10.8. The molecule has 0 saturated carbocycles. The molecule has 0 unspecified atom stereocenters. The number of carbonyl (C=O) groups excluding carboxylic acids is 1. The number of nitrogens with one attached hydrogen (secondary N) is 1. The highest BCUT2D eigenvalue weighted by atomic mass is 16.6. The number of carbonyl (C=O) groups is 1. The lowest BCUT2D eigenvalue weighted by atomic mass is 10.1. The summed E-state index contributed by atoms with van der Waals surface area (Å²) in [4.78, 5) is 22.3. The van der Waals surface area contributed by atoms with E-state index in [0.29, 0.717) is 0 Å². The number of nitrogens with zero attached hydrogens (tertiary/aromatic N) is 1. The average molecular weight is 268 g/mol. The Morgan fingerprint density at radius 2 is 2.26 bits per heavy atom. The molecule has 0 aliphatic rings. The molecule has 2 N–H and O–H groups in total. The molecular formula is C12H16N2O5. The van der Waals surface area contributed by atoms with Gasteiger partial charge >= 0.3 is 5.69 Å². The maximum atomic E-state index is 12.0. The van der Waals surface area contributed by atoms with E-state index in [1.165, 1.54) is 18.2 Å². The summed E-state index contributed by atoms with van der Waals surface area (Å²) in [6.45, 7) is 3.29. The average Bonchev–Trinajstić information content (AvgIpc) is 2.38. The van der Waals surface area contributed by atoms with Crippen LogP contribution in [-0.4, -0.2) is 35.2 Å². The third kappa shape index (κ3) is 3.65. The molecular weight excluding hydrogens is 252 g/mol. The molecule has 0 bridgehead atoms. The van der Waals surface area contributed by atoms with Crippen LogP contribution in [-0.2, 0) is 0 Å². The number of aliphatic hydroxyl groups excluding tert-OH is 1. The van der Waals surface area contributed by atoms with Crippen molar-refractivity contribution >= 4 is 11.6 Å². The van der Waals surface area contributed by atoms with Gasteiger partial charge in [-0.3, -0.25) is 14.9 Å². The Kier molecular flexibility index (Phi) is 5.25. The van der Waals surface area contributed by atoms with Crippen LogP contribution in [0.5, 0.6) is 5.75 Å². The standard InChI is InChI=1S/C12H16N2O5/c1-3-19-11-9(12(16)13-8(2)7-15)5-4-6-10(11)14(17)18/h4-6,8,15H,3,7H2,1-2H3,(H,13,16)/t8-/m0/s1. The van der Waals surface area contributed by atoms with E-state index in [2.05, 4.69) is 5.32 Å². The first-order valence-corrected chi connectivity index (χ1v) is 5.83. The van der Waals surface area contributed by atoms with Crippen LogP contribution in [0.3, 0.4) is 0 Å². The number of amides is 1. The molecule has 1 atom stereocenters. The number of para-hydroxylation sites is 1. The minimum Gasteiger partial charge on any atom is -0.487 e. The Labute approximate surface area is 110 Å². The molecule has 1 amide bonds. The third-order valence-corrected chi connectivity index (χ3v) is 2.38. The first kappa shape index (κ1) is 14.9. The Bertz CT molecular complexity index is 475. The highest BCUT2D eigenvalue weighted by Crippen LogP contribution is 2.30. The maximum absolute atomic E-state index is 12.0. The summed E-state index contributed by atoms with van der Waals surface area (Å²) in [7, 11) is 0. The number of aliphatic hydroxyl groups is 1. The molecule has 7 nitrogen and oxygen atoms in total. The van der Waals surface area contributed by atoms with E-state index < -0.39 is 16.9 Å². The summed E-state index contributed by atoms with van der Waals surface area (Å²) in [5, 5.41) is 22.3. The van der Waals surface area contributed by atoms with Crippen LogP contribution in [0.25, 0.3) is 0 Å². The topological polar surface area (TPSA) is 102 Å². The van der Waals surface area contributed by atoms with Crippen LogP contribution in [0, 0.1) is 10.1 Å². The smallest absolute Gasteiger partial charge is 0.311 e. The largest absolute Gasteiger partial charge is 0.487 e. The Hall–Kier alpha value is -2.15. The number of hydrogen-bond acceptors (Lipinski definition) is 5. The predicted molar refractivity (Wildman–Crippen MR) is 68.3 cm³/mol. The van der Waals surface area contributed by atoms with Gasteiger partial charge in [0.25, 0.3) is 5.91 Å². The highest BCUT2D eigenvalue weighted by Gasteiger charge is 2.23. The van der Waals surface area contributed by atoms with Crippen molar-refractivity contribution in [3.05, 3.63) is 33.9 Å². The second kappa shape index (κ2) is 6.69. The summed E-state index contributed by atoms with van der Waals surface area (Å²) in [6.07, 6.45) is 0. The van der Waals surface area contributed by atoms with Gasteiger partial charge in [0.05, 0.1) is 23.7 Å². The quantitative estimate of drug-likeness (QED) is 0.594. The molecule has 0 saturated heterocycles. The maximum Gasteiger partial charge on any atom is 0.311 e. The first-order valence-electron chi connectivity index (χ1n) is 5.83. The lowest BCUT2D eigenvalue weighted by Crippen LogP contribution is -2.35. The molecule has 0 heterocycles. The van der Waals surface area contributed by atoms with Gasteiger partial charge in [-0.15, -0.1) is 0 Å². The van der Waals surface area contributed by atoms with Crippen molar-refractivity contribution in [2.24, 2.45) is 0 Å². The summed E-state index contributed by atoms with van der Waals surface area (Å²) in [5.41, 5.74) is -0.178. The van der Waals surface area contributed by atoms with E-state index >= 15 is 0 Å². The van der Waals surface area contributed by atoms with Crippen molar-refractivity contribution in [1.82, 2.24) is 5.32 Å². The molecule has 1 rings (SSSR count). The number of rotatable bonds is 6. The van der Waals surface area contributed by atoms with E-state index in [0.717, 1.165) is 0 Å². The Morgan fingerprint density at radius 3 is 2.79 bits per heavy atom. The normalized spacial score (nSPS) is 11.7. The molecule has 0 aliphatic carbocycles. The van der Waals surface area contributed by atoms with Gasteiger partial charge in [-0.1, -0.05) is 6.07 Å². The van der Waals surface area contributed by atoms with Gasteiger partial charge in [0.2, 0.25) is 5.75 Å². The lowest BCUT2D eigenvalue weighted by molar-refractivity contribution is -0.385. The lowest BCUT2D eigenvalue weighted by Gasteiger charge is -2.13. The molecule has 0 aromatic heterocycles. The van der Waals surface area contributed by atoms with Crippen molar-refractivity contribution in [2.75, 3.05) is 13.2 Å².